The van der Waals surface area contributed by atoms with Gasteiger partial charge >= 0.3 is 0 Å². The Morgan fingerprint density at radius 2 is 1.62 bits per heavy atom. The van der Waals surface area contributed by atoms with Crippen molar-refractivity contribution in [3.05, 3.63) is 12.7 Å². The molecule has 0 aromatic carbocycles. The van der Waals surface area contributed by atoms with Crippen LogP contribution in [0.1, 0.15) is 40.0 Å². The molecule has 0 fully saturated rings. The lowest BCUT2D eigenvalue weighted by atomic mass is 10.1. The van der Waals surface area contributed by atoms with Crippen LogP contribution in [0.4, 0.5) is 0 Å². The monoisotopic (exact) mass is 205 g/mol. The van der Waals surface area contributed by atoms with Crippen molar-refractivity contribution in [2.45, 2.75) is 46.1 Å². The minimum absolute atomic E-state index is 0. The van der Waals surface area contributed by atoms with Crippen LogP contribution in [0.5, 0.6) is 0 Å². The van der Waals surface area contributed by atoms with E-state index in [0.717, 1.165) is 0 Å². The molecule has 0 aromatic heterocycles. The summed E-state index contributed by atoms with van der Waals surface area (Å²) in [5, 5.41) is 0. The fourth-order valence-electron chi connectivity index (χ4n) is 1.59. The molecule has 0 saturated heterocycles. The molecule has 1 unspecified atom stereocenters. The van der Waals surface area contributed by atoms with E-state index in [4.69, 9.17) is 0 Å². The molecule has 0 heterocycles. The van der Waals surface area contributed by atoms with Crippen molar-refractivity contribution in [3.8, 4) is 0 Å². The number of hydrogen-bond acceptors (Lipinski definition) is 1. The van der Waals surface area contributed by atoms with E-state index in [-0.39, 0.29) is 12.4 Å². The lowest BCUT2D eigenvalue weighted by Crippen LogP contribution is -2.34. The molecular formula is C11H24ClN. The van der Waals surface area contributed by atoms with E-state index in [9.17, 15) is 0 Å². The van der Waals surface area contributed by atoms with E-state index in [1.807, 2.05) is 0 Å². The lowest BCUT2D eigenvalue weighted by molar-refractivity contribution is 0.225. The number of rotatable bonds is 7. The zero-order valence-corrected chi connectivity index (χ0v) is 10.1. The number of halogens is 1. The summed E-state index contributed by atoms with van der Waals surface area (Å²) in [6, 6.07) is 0.588. The van der Waals surface area contributed by atoms with Crippen molar-refractivity contribution in [1.29, 1.82) is 0 Å². The molecule has 0 radical (unpaired) electrons. The van der Waals surface area contributed by atoms with Crippen molar-refractivity contribution in [2.24, 2.45) is 0 Å². The minimum Gasteiger partial charge on any atom is -0.297 e. The first-order chi connectivity index (χ1) is 5.79. The van der Waals surface area contributed by atoms with Crippen LogP contribution in [-0.4, -0.2) is 24.0 Å². The van der Waals surface area contributed by atoms with Gasteiger partial charge in [0.25, 0.3) is 0 Å². The highest BCUT2D eigenvalue weighted by molar-refractivity contribution is 5.85. The smallest absolute Gasteiger partial charge is 0.0272 e. The minimum atomic E-state index is 0. The van der Waals surface area contributed by atoms with E-state index in [1.54, 1.807) is 0 Å². The highest BCUT2D eigenvalue weighted by Crippen LogP contribution is 2.06. The maximum absolute atomic E-state index is 3.88. The van der Waals surface area contributed by atoms with Crippen LogP contribution in [0, 0.1) is 0 Å². The first-order valence-corrected chi connectivity index (χ1v) is 5.16. The SMILES string of the molecule is C=CC(CC)N(CCC)CCC.Cl. The Morgan fingerprint density at radius 1 is 1.15 bits per heavy atom. The summed E-state index contributed by atoms with van der Waals surface area (Å²) in [6.45, 7) is 13.0. The molecule has 0 aromatic rings. The Kier molecular flexibility index (Phi) is 12.0. The largest absolute Gasteiger partial charge is 0.297 e. The summed E-state index contributed by atoms with van der Waals surface area (Å²) >= 11 is 0. The van der Waals surface area contributed by atoms with E-state index >= 15 is 0 Å². The van der Waals surface area contributed by atoms with E-state index < -0.39 is 0 Å². The van der Waals surface area contributed by atoms with Crippen LogP contribution in [0.15, 0.2) is 12.7 Å². The first kappa shape index (κ1) is 15.5. The zero-order chi connectivity index (χ0) is 9.40. The molecule has 2 heteroatoms. The van der Waals surface area contributed by atoms with Crippen molar-refractivity contribution >= 4 is 12.4 Å². The van der Waals surface area contributed by atoms with Gasteiger partial charge in [0, 0.05) is 6.04 Å². The molecule has 80 valence electrons. The molecule has 0 bridgehead atoms. The van der Waals surface area contributed by atoms with Gasteiger partial charge < -0.3 is 0 Å². The Labute approximate surface area is 89.6 Å². The second-order valence-electron chi connectivity index (χ2n) is 3.25. The number of nitrogens with zero attached hydrogens (tertiary/aromatic N) is 1. The fourth-order valence-corrected chi connectivity index (χ4v) is 1.59. The van der Waals surface area contributed by atoms with Gasteiger partial charge in [0.2, 0.25) is 0 Å². The molecule has 0 aliphatic carbocycles. The first-order valence-electron chi connectivity index (χ1n) is 5.16. The van der Waals surface area contributed by atoms with Crippen molar-refractivity contribution < 1.29 is 0 Å². The summed E-state index contributed by atoms with van der Waals surface area (Å²) in [4.78, 5) is 2.52. The van der Waals surface area contributed by atoms with Crippen LogP contribution >= 0.6 is 12.4 Å². The summed E-state index contributed by atoms with van der Waals surface area (Å²) in [7, 11) is 0. The van der Waals surface area contributed by atoms with Gasteiger partial charge in [0.15, 0.2) is 0 Å². The van der Waals surface area contributed by atoms with Crippen molar-refractivity contribution in [2.75, 3.05) is 13.1 Å². The molecule has 13 heavy (non-hydrogen) atoms. The van der Waals surface area contributed by atoms with E-state index in [2.05, 4.69) is 38.3 Å². The molecule has 0 spiro atoms. The fraction of sp³-hybridized carbons (Fsp3) is 0.818. The van der Waals surface area contributed by atoms with Gasteiger partial charge in [-0.25, -0.2) is 0 Å². The molecule has 0 aliphatic rings. The van der Waals surface area contributed by atoms with Crippen LogP contribution in [0.25, 0.3) is 0 Å². The van der Waals surface area contributed by atoms with Crippen LogP contribution in [0.2, 0.25) is 0 Å². The van der Waals surface area contributed by atoms with Gasteiger partial charge in [0.1, 0.15) is 0 Å². The third kappa shape index (κ3) is 6.11. The van der Waals surface area contributed by atoms with Gasteiger partial charge in [0.05, 0.1) is 0 Å². The van der Waals surface area contributed by atoms with Gasteiger partial charge in [-0.15, -0.1) is 19.0 Å². The molecule has 0 aliphatic heterocycles. The molecule has 0 amide bonds. The van der Waals surface area contributed by atoms with Gasteiger partial charge in [-0.1, -0.05) is 26.8 Å². The standard InChI is InChI=1S/C11H23N.ClH/c1-5-9-12(10-6-2)11(7-3)8-4;/h7,11H,3,5-6,8-10H2,1-2,4H3;1H. The normalized spacial score (nSPS) is 12.3. The second-order valence-corrected chi connectivity index (χ2v) is 3.25. The number of hydrogen-bond donors (Lipinski definition) is 0. The summed E-state index contributed by atoms with van der Waals surface area (Å²) in [5.74, 6) is 0. The van der Waals surface area contributed by atoms with Crippen LogP contribution < -0.4 is 0 Å². The third-order valence-electron chi connectivity index (χ3n) is 2.18. The predicted octanol–water partition coefficient (Wildman–Crippen LogP) is 3.49. The van der Waals surface area contributed by atoms with Crippen molar-refractivity contribution in [3.63, 3.8) is 0 Å². The highest BCUT2D eigenvalue weighted by Gasteiger charge is 2.10. The predicted molar refractivity (Wildman–Crippen MR) is 63.7 cm³/mol. The van der Waals surface area contributed by atoms with Gasteiger partial charge in [-0.3, -0.25) is 4.90 Å². The average molecular weight is 206 g/mol. The van der Waals surface area contributed by atoms with Crippen LogP contribution in [0.3, 0.4) is 0 Å². The Hall–Kier alpha value is -0.0100. The average Bonchev–Trinajstić information content (AvgIpc) is 2.07. The summed E-state index contributed by atoms with van der Waals surface area (Å²) < 4.78 is 0. The van der Waals surface area contributed by atoms with Crippen LogP contribution in [-0.2, 0) is 0 Å². The molecule has 1 atom stereocenters. The Morgan fingerprint density at radius 3 is 1.85 bits per heavy atom. The third-order valence-corrected chi connectivity index (χ3v) is 2.18. The molecule has 0 N–H and O–H groups in total. The molecule has 1 nitrogen and oxygen atoms in total. The van der Waals surface area contributed by atoms with Gasteiger partial charge in [-0.05, 0) is 32.4 Å². The summed E-state index contributed by atoms with van der Waals surface area (Å²) in [5.41, 5.74) is 0. The Balaban J connectivity index is 0. The molecular weight excluding hydrogens is 182 g/mol. The summed E-state index contributed by atoms with van der Waals surface area (Å²) in [6.07, 6.45) is 5.74. The maximum atomic E-state index is 3.88. The van der Waals surface area contributed by atoms with E-state index in [0.29, 0.717) is 6.04 Å². The topological polar surface area (TPSA) is 3.24 Å². The quantitative estimate of drug-likeness (QED) is 0.576. The zero-order valence-electron chi connectivity index (χ0n) is 9.25. The van der Waals surface area contributed by atoms with E-state index in [1.165, 1.54) is 32.4 Å². The highest BCUT2D eigenvalue weighted by atomic mass is 35.5. The maximum Gasteiger partial charge on any atom is 0.0272 e. The Bertz CT molecular complexity index is 109. The lowest BCUT2D eigenvalue weighted by Gasteiger charge is -2.27. The van der Waals surface area contributed by atoms with Gasteiger partial charge in [-0.2, -0.15) is 0 Å². The molecule has 0 rings (SSSR count). The molecule has 0 saturated carbocycles. The van der Waals surface area contributed by atoms with Crippen molar-refractivity contribution in [1.82, 2.24) is 4.90 Å². The second kappa shape index (κ2) is 10.1.